The summed E-state index contributed by atoms with van der Waals surface area (Å²) in [7, 11) is 1.74. The molecule has 0 spiro atoms. The Labute approximate surface area is 131 Å². The third-order valence-electron chi connectivity index (χ3n) is 3.17. The van der Waals surface area contributed by atoms with Crippen LogP contribution in [0.5, 0.6) is 0 Å². The van der Waals surface area contributed by atoms with E-state index in [0.717, 1.165) is 6.07 Å². The summed E-state index contributed by atoms with van der Waals surface area (Å²) in [6.07, 6.45) is 4.62. The predicted molar refractivity (Wildman–Crippen MR) is 84.5 cm³/mol. The van der Waals surface area contributed by atoms with Crippen molar-refractivity contribution >= 4 is 17.5 Å². The van der Waals surface area contributed by atoms with Gasteiger partial charge in [0.15, 0.2) is 17.5 Å². The molecule has 0 fully saturated rings. The van der Waals surface area contributed by atoms with Crippen LogP contribution in [-0.4, -0.2) is 22.0 Å². The first-order chi connectivity index (χ1) is 11.2. The molecule has 0 radical (unpaired) electrons. The topological polar surface area (TPSA) is 62.7 Å². The van der Waals surface area contributed by atoms with Crippen LogP contribution in [0.1, 0.15) is 0 Å². The van der Waals surface area contributed by atoms with Crippen LogP contribution in [0.15, 0.2) is 48.9 Å². The fourth-order valence-electron chi connectivity index (χ4n) is 2.03. The maximum absolute atomic E-state index is 13.8. The molecule has 0 aliphatic carbocycles. The molecule has 5 nitrogen and oxygen atoms in total. The van der Waals surface area contributed by atoms with Crippen molar-refractivity contribution in [1.82, 2.24) is 15.0 Å². The average Bonchev–Trinajstić information content (AvgIpc) is 2.58. The van der Waals surface area contributed by atoms with Crippen molar-refractivity contribution in [3.63, 3.8) is 0 Å². The number of nitrogens with one attached hydrogen (secondary N) is 2. The molecule has 0 amide bonds. The summed E-state index contributed by atoms with van der Waals surface area (Å²) in [6.45, 7) is 0. The Morgan fingerprint density at radius 1 is 0.913 bits per heavy atom. The molecule has 3 aromatic rings. The van der Waals surface area contributed by atoms with Gasteiger partial charge in [-0.2, -0.15) is 0 Å². The first-order valence-corrected chi connectivity index (χ1v) is 6.84. The van der Waals surface area contributed by atoms with Crippen LogP contribution in [0, 0.1) is 11.6 Å². The first kappa shape index (κ1) is 14.8. The predicted octanol–water partition coefficient (Wildman–Crippen LogP) is 3.60. The number of rotatable bonds is 4. The summed E-state index contributed by atoms with van der Waals surface area (Å²) >= 11 is 0. The van der Waals surface area contributed by atoms with Crippen molar-refractivity contribution in [3.8, 4) is 11.1 Å². The van der Waals surface area contributed by atoms with Gasteiger partial charge >= 0.3 is 0 Å². The van der Waals surface area contributed by atoms with E-state index in [9.17, 15) is 8.78 Å². The van der Waals surface area contributed by atoms with Crippen molar-refractivity contribution in [1.29, 1.82) is 0 Å². The number of anilines is 3. The average molecular weight is 313 g/mol. The van der Waals surface area contributed by atoms with Gasteiger partial charge in [0.05, 0.1) is 12.4 Å². The Balaban J connectivity index is 1.83. The SMILES string of the molecule is CNc1cncc(Nc2ccc(-c3cccc(F)c3F)cn2)n1. The largest absolute Gasteiger partial charge is 0.372 e. The summed E-state index contributed by atoms with van der Waals surface area (Å²) in [5.41, 5.74) is 0.656. The second-order valence-electron chi connectivity index (χ2n) is 4.70. The van der Waals surface area contributed by atoms with Crippen molar-refractivity contribution < 1.29 is 8.78 Å². The lowest BCUT2D eigenvalue weighted by Crippen LogP contribution is -2.00. The maximum atomic E-state index is 13.8. The van der Waals surface area contributed by atoms with Gasteiger partial charge in [-0.1, -0.05) is 12.1 Å². The smallest absolute Gasteiger partial charge is 0.166 e. The molecule has 0 saturated carbocycles. The van der Waals surface area contributed by atoms with Crippen molar-refractivity contribution in [2.75, 3.05) is 17.7 Å². The molecule has 0 saturated heterocycles. The molecule has 23 heavy (non-hydrogen) atoms. The van der Waals surface area contributed by atoms with E-state index in [1.54, 1.807) is 31.6 Å². The summed E-state index contributed by atoms with van der Waals surface area (Å²) in [6, 6.07) is 7.36. The molecule has 0 aliphatic rings. The van der Waals surface area contributed by atoms with Crippen LogP contribution < -0.4 is 10.6 Å². The van der Waals surface area contributed by atoms with Crippen molar-refractivity contribution in [2.45, 2.75) is 0 Å². The standard InChI is InChI=1S/C16H13F2N5/c1-19-14-8-20-9-15(23-14)22-13-6-5-10(7-21-13)11-3-2-4-12(17)16(11)18/h2-9H,1H3,(H2,19,21,22,23). The lowest BCUT2D eigenvalue weighted by atomic mass is 10.1. The molecular formula is C16H13F2N5. The van der Waals surface area contributed by atoms with Gasteiger partial charge in [0.2, 0.25) is 0 Å². The van der Waals surface area contributed by atoms with E-state index < -0.39 is 11.6 Å². The molecule has 0 unspecified atom stereocenters. The molecule has 0 bridgehead atoms. The highest BCUT2D eigenvalue weighted by Crippen LogP contribution is 2.25. The zero-order chi connectivity index (χ0) is 16.2. The molecule has 7 heteroatoms. The monoisotopic (exact) mass is 313 g/mol. The van der Waals surface area contributed by atoms with Gasteiger partial charge in [-0.25, -0.2) is 18.7 Å². The van der Waals surface area contributed by atoms with Crippen LogP contribution >= 0.6 is 0 Å². The molecular weight excluding hydrogens is 300 g/mol. The maximum Gasteiger partial charge on any atom is 0.166 e. The van der Waals surface area contributed by atoms with E-state index in [1.165, 1.54) is 18.3 Å². The van der Waals surface area contributed by atoms with Gasteiger partial charge in [-0.3, -0.25) is 4.98 Å². The Morgan fingerprint density at radius 2 is 1.74 bits per heavy atom. The molecule has 3 rings (SSSR count). The number of hydrogen-bond donors (Lipinski definition) is 2. The quantitative estimate of drug-likeness (QED) is 0.770. The second-order valence-corrected chi connectivity index (χ2v) is 4.70. The number of pyridine rings is 1. The van der Waals surface area contributed by atoms with Gasteiger partial charge in [0, 0.05) is 24.4 Å². The Bertz CT molecular complexity index is 821. The second kappa shape index (κ2) is 6.35. The van der Waals surface area contributed by atoms with Crippen LogP contribution in [0.25, 0.3) is 11.1 Å². The zero-order valence-electron chi connectivity index (χ0n) is 12.2. The molecule has 2 aromatic heterocycles. The van der Waals surface area contributed by atoms with Gasteiger partial charge < -0.3 is 10.6 Å². The highest BCUT2D eigenvalue weighted by Gasteiger charge is 2.10. The Hall–Kier alpha value is -3.09. The minimum Gasteiger partial charge on any atom is -0.372 e. The highest BCUT2D eigenvalue weighted by molar-refractivity contribution is 5.65. The van der Waals surface area contributed by atoms with E-state index in [2.05, 4.69) is 25.6 Å². The lowest BCUT2D eigenvalue weighted by molar-refractivity contribution is 0.511. The normalized spacial score (nSPS) is 10.4. The van der Waals surface area contributed by atoms with Gasteiger partial charge in [-0.05, 0) is 18.2 Å². The van der Waals surface area contributed by atoms with E-state index >= 15 is 0 Å². The molecule has 0 aliphatic heterocycles. The molecule has 0 atom stereocenters. The summed E-state index contributed by atoms with van der Waals surface area (Å²) in [4.78, 5) is 12.5. The summed E-state index contributed by atoms with van der Waals surface area (Å²) in [5.74, 6) is -0.109. The van der Waals surface area contributed by atoms with Crippen LogP contribution in [0.4, 0.5) is 26.2 Å². The van der Waals surface area contributed by atoms with Crippen molar-refractivity contribution in [2.24, 2.45) is 0 Å². The van der Waals surface area contributed by atoms with E-state index in [1.807, 2.05) is 0 Å². The van der Waals surface area contributed by atoms with Gasteiger partial charge in [0.1, 0.15) is 11.6 Å². The fraction of sp³-hybridized carbons (Fsp3) is 0.0625. The molecule has 116 valence electrons. The van der Waals surface area contributed by atoms with Gasteiger partial charge in [0.25, 0.3) is 0 Å². The number of benzene rings is 1. The van der Waals surface area contributed by atoms with Crippen LogP contribution in [0.2, 0.25) is 0 Å². The first-order valence-electron chi connectivity index (χ1n) is 6.84. The van der Waals surface area contributed by atoms with Crippen molar-refractivity contribution in [3.05, 3.63) is 60.6 Å². The third kappa shape index (κ3) is 3.23. The molecule has 2 N–H and O–H groups in total. The van der Waals surface area contributed by atoms with E-state index in [4.69, 9.17) is 0 Å². The summed E-state index contributed by atoms with van der Waals surface area (Å²) in [5, 5.41) is 5.87. The fourth-order valence-corrected chi connectivity index (χ4v) is 2.03. The molecule has 2 heterocycles. The van der Waals surface area contributed by atoms with Crippen LogP contribution in [0.3, 0.4) is 0 Å². The minimum atomic E-state index is -0.886. The number of nitrogens with zero attached hydrogens (tertiary/aromatic N) is 3. The Morgan fingerprint density at radius 3 is 2.48 bits per heavy atom. The summed E-state index contributed by atoms with van der Waals surface area (Å²) < 4.78 is 27.0. The number of aromatic nitrogens is 3. The van der Waals surface area contributed by atoms with E-state index in [0.29, 0.717) is 23.0 Å². The van der Waals surface area contributed by atoms with E-state index in [-0.39, 0.29) is 5.56 Å². The zero-order valence-corrected chi connectivity index (χ0v) is 12.2. The van der Waals surface area contributed by atoms with Crippen LogP contribution in [-0.2, 0) is 0 Å². The third-order valence-corrected chi connectivity index (χ3v) is 3.17. The molecule has 1 aromatic carbocycles. The number of hydrogen-bond acceptors (Lipinski definition) is 5. The minimum absolute atomic E-state index is 0.168. The Kier molecular flexibility index (Phi) is 4.09. The number of halogens is 2. The lowest BCUT2D eigenvalue weighted by Gasteiger charge is -2.08. The van der Waals surface area contributed by atoms with Gasteiger partial charge in [-0.15, -0.1) is 0 Å². The highest BCUT2D eigenvalue weighted by atomic mass is 19.2.